The minimum absolute atomic E-state index is 0.135. The fraction of sp³-hybridized carbons (Fsp3) is 0.154. The first-order valence-electron chi connectivity index (χ1n) is 5.72. The highest BCUT2D eigenvalue weighted by molar-refractivity contribution is 9.10. The largest absolute Gasteiger partial charge is 0.424 e. The number of rotatable bonds is 4. The lowest BCUT2D eigenvalue weighted by Gasteiger charge is -2.06. The van der Waals surface area contributed by atoms with E-state index in [4.69, 9.17) is 4.74 Å². The standard InChI is InChI=1S/C13H12BrN3O2/c1-2-15-12(18)9-4-3-5-11(6-9)19-13-16-7-10(14)8-17-13/h3-8H,2H2,1H3,(H,15,18). The van der Waals surface area contributed by atoms with Crippen molar-refractivity contribution in [1.29, 1.82) is 0 Å². The number of amides is 1. The molecule has 0 aliphatic carbocycles. The minimum Gasteiger partial charge on any atom is -0.424 e. The molecule has 1 aromatic heterocycles. The zero-order valence-corrected chi connectivity index (χ0v) is 11.8. The van der Waals surface area contributed by atoms with Crippen molar-refractivity contribution < 1.29 is 9.53 Å². The smallest absolute Gasteiger partial charge is 0.321 e. The van der Waals surface area contributed by atoms with Gasteiger partial charge in [-0.3, -0.25) is 4.79 Å². The number of halogens is 1. The van der Waals surface area contributed by atoms with E-state index < -0.39 is 0 Å². The van der Waals surface area contributed by atoms with Crippen LogP contribution in [0.1, 0.15) is 17.3 Å². The molecule has 0 atom stereocenters. The molecule has 0 aliphatic rings. The molecule has 0 spiro atoms. The molecular formula is C13H12BrN3O2. The van der Waals surface area contributed by atoms with E-state index >= 15 is 0 Å². The van der Waals surface area contributed by atoms with Crippen molar-refractivity contribution in [2.45, 2.75) is 6.92 Å². The molecule has 0 saturated carbocycles. The summed E-state index contributed by atoms with van der Waals surface area (Å²) in [4.78, 5) is 19.7. The Balaban J connectivity index is 2.15. The van der Waals surface area contributed by atoms with Gasteiger partial charge in [-0.25, -0.2) is 9.97 Å². The lowest BCUT2D eigenvalue weighted by molar-refractivity contribution is 0.0955. The predicted octanol–water partition coefficient (Wildman–Crippen LogP) is 2.78. The van der Waals surface area contributed by atoms with Crippen LogP contribution in [-0.4, -0.2) is 22.4 Å². The highest BCUT2D eigenvalue weighted by atomic mass is 79.9. The van der Waals surface area contributed by atoms with E-state index in [1.807, 2.05) is 6.92 Å². The van der Waals surface area contributed by atoms with Crippen LogP contribution in [0.25, 0.3) is 0 Å². The Labute approximate surface area is 119 Å². The molecule has 0 unspecified atom stereocenters. The second-order valence-corrected chi connectivity index (χ2v) is 4.59. The van der Waals surface area contributed by atoms with E-state index in [0.29, 0.717) is 17.9 Å². The maximum atomic E-state index is 11.7. The van der Waals surface area contributed by atoms with Crippen LogP contribution >= 0.6 is 15.9 Å². The number of ether oxygens (including phenoxy) is 1. The summed E-state index contributed by atoms with van der Waals surface area (Å²) in [5.41, 5.74) is 0.538. The van der Waals surface area contributed by atoms with Crippen LogP contribution in [0, 0.1) is 0 Å². The van der Waals surface area contributed by atoms with Gasteiger partial charge in [-0.05, 0) is 41.1 Å². The Kier molecular flexibility index (Phi) is 4.46. The van der Waals surface area contributed by atoms with Gasteiger partial charge in [-0.15, -0.1) is 0 Å². The van der Waals surface area contributed by atoms with Crippen molar-refractivity contribution >= 4 is 21.8 Å². The molecule has 0 saturated heterocycles. The van der Waals surface area contributed by atoms with Crippen molar-refractivity contribution in [3.05, 3.63) is 46.7 Å². The molecular weight excluding hydrogens is 310 g/mol. The average Bonchev–Trinajstić information content (AvgIpc) is 2.42. The van der Waals surface area contributed by atoms with Crippen LogP contribution in [0.5, 0.6) is 11.8 Å². The Morgan fingerprint density at radius 3 is 2.79 bits per heavy atom. The monoisotopic (exact) mass is 321 g/mol. The highest BCUT2D eigenvalue weighted by Crippen LogP contribution is 2.19. The molecule has 2 aromatic rings. The number of hydrogen-bond acceptors (Lipinski definition) is 4. The summed E-state index contributed by atoms with van der Waals surface area (Å²) in [5.74, 6) is 0.385. The van der Waals surface area contributed by atoms with Gasteiger partial charge >= 0.3 is 6.01 Å². The Hall–Kier alpha value is -1.95. The van der Waals surface area contributed by atoms with Crippen LogP contribution in [0.2, 0.25) is 0 Å². The first-order valence-corrected chi connectivity index (χ1v) is 6.52. The van der Waals surface area contributed by atoms with Gasteiger partial charge in [0, 0.05) is 24.5 Å². The lowest BCUT2D eigenvalue weighted by Crippen LogP contribution is -2.22. The second kappa shape index (κ2) is 6.29. The Morgan fingerprint density at radius 2 is 2.11 bits per heavy atom. The number of carbonyl (C=O) groups excluding carboxylic acids is 1. The zero-order chi connectivity index (χ0) is 13.7. The van der Waals surface area contributed by atoms with Crippen LogP contribution in [0.15, 0.2) is 41.1 Å². The molecule has 6 heteroatoms. The molecule has 1 aromatic carbocycles. The average molecular weight is 322 g/mol. The maximum absolute atomic E-state index is 11.7. The highest BCUT2D eigenvalue weighted by Gasteiger charge is 2.06. The second-order valence-electron chi connectivity index (χ2n) is 3.67. The predicted molar refractivity (Wildman–Crippen MR) is 74.3 cm³/mol. The Morgan fingerprint density at radius 1 is 1.37 bits per heavy atom. The third-order valence-corrected chi connectivity index (χ3v) is 2.65. The van der Waals surface area contributed by atoms with Gasteiger partial charge < -0.3 is 10.1 Å². The molecule has 19 heavy (non-hydrogen) atoms. The molecule has 98 valence electrons. The van der Waals surface area contributed by atoms with E-state index in [0.717, 1.165) is 4.47 Å². The third kappa shape index (κ3) is 3.75. The molecule has 0 bridgehead atoms. The lowest BCUT2D eigenvalue weighted by atomic mass is 10.2. The van der Waals surface area contributed by atoms with Gasteiger partial charge in [0.1, 0.15) is 5.75 Å². The summed E-state index contributed by atoms with van der Waals surface area (Å²) in [6, 6.07) is 7.10. The first-order chi connectivity index (χ1) is 9.19. The summed E-state index contributed by atoms with van der Waals surface area (Å²) in [6.45, 7) is 2.45. The van der Waals surface area contributed by atoms with Crippen LogP contribution in [0.4, 0.5) is 0 Å². The van der Waals surface area contributed by atoms with Crippen molar-refractivity contribution in [2.24, 2.45) is 0 Å². The number of hydrogen-bond donors (Lipinski definition) is 1. The van der Waals surface area contributed by atoms with Crippen molar-refractivity contribution in [2.75, 3.05) is 6.54 Å². The minimum atomic E-state index is -0.135. The number of aromatic nitrogens is 2. The summed E-state index contributed by atoms with van der Waals surface area (Å²) < 4.78 is 6.25. The van der Waals surface area contributed by atoms with Gasteiger partial charge in [-0.2, -0.15) is 0 Å². The Bertz CT molecular complexity index is 572. The molecule has 1 amide bonds. The molecule has 0 fully saturated rings. The summed E-state index contributed by atoms with van der Waals surface area (Å²) in [7, 11) is 0. The maximum Gasteiger partial charge on any atom is 0.321 e. The van der Waals surface area contributed by atoms with Gasteiger partial charge in [0.25, 0.3) is 5.91 Å². The normalized spacial score (nSPS) is 10.0. The fourth-order valence-corrected chi connectivity index (χ4v) is 1.63. The summed E-state index contributed by atoms with van der Waals surface area (Å²) >= 11 is 3.25. The van der Waals surface area contributed by atoms with E-state index in [9.17, 15) is 4.79 Å². The quantitative estimate of drug-likeness (QED) is 0.940. The molecule has 1 N–H and O–H groups in total. The van der Waals surface area contributed by atoms with Crippen molar-refractivity contribution in [3.63, 3.8) is 0 Å². The summed E-state index contributed by atoms with van der Waals surface area (Å²) in [5, 5.41) is 2.73. The fourth-order valence-electron chi connectivity index (χ4n) is 1.42. The molecule has 2 rings (SSSR count). The first kappa shape index (κ1) is 13.5. The molecule has 5 nitrogen and oxygen atoms in total. The number of benzene rings is 1. The molecule has 0 aliphatic heterocycles. The number of nitrogens with one attached hydrogen (secondary N) is 1. The summed E-state index contributed by atoms with van der Waals surface area (Å²) in [6.07, 6.45) is 3.19. The van der Waals surface area contributed by atoms with Crippen LogP contribution in [-0.2, 0) is 0 Å². The number of carbonyl (C=O) groups is 1. The number of nitrogens with zero attached hydrogens (tertiary/aromatic N) is 2. The van der Waals surface area contributed by atoms with E-state index in [1.165, 1.54) is 0 Å². The van der Waals surface area contributed by atoms with Crippen LogP contribution in [0.3, 0.4) is 0 Å². The van der Waals surface area contributed by atoms with Crippen LogP contribution < -0.4 is 10.1 Å². The van der Waals surface area contributed by atoms with Gasteiger partial charge in [0.05, 0.1) is 4.47 Å². The van der Waals surface area contributed by atoms with Crippen molar-refractivity contribution in [3.8, 4) is 11.8 Å². The van der Waals surface area contributed by atoms with E-state index in [2.05, 4.69) is 31.2 Å². The van der Waals surface area contributed by atoms with Gasteiger partial charge in [0.15, 0.2) is 0 Å². The zero-order valence-electron chi connectivity index (χ0n) is 10.3. The van der Waals surface area contributed by atoms with E-state index in [1.54, 1.807) is 36.7 Å². The molecule has 0 radical (unpaired) electrons. The van der Waals surface area contributed by atoms with Gasteiger partial charge in [-0.1, -0.05) is 6.07 Å². The van der Waals surface area contributed by atoms with E-state index in [-0.39, 0.29) is 11.9 Å². The van der Waals surface area contributed by atoms with Crippen molar-refractivity contribution in [1.82, 2.24) is 15.3 Å². The molecule has 1 heterocycles. The topological polar surface area (TPSA) is 64.1 Å². The SMILES string of the molecule is CCNC(=O)c1cccc(Oc2ncc(Br)cn2)c1. The third-order valence-electron chi connectivity index (χ3n) is 2.24. The van der Waals surface area contributed by atoms with Gasteiger partial charge in [0.2, 0.25) is 0 Å².